The number of hydrogen-bond acceptors (Lipinski definition) is 2. The topological polar surface area (TPSA) is 18.5 Å². The fourth-order valence-corrected chi connectivity index (χ4v) is 12.7. The summed E-state index contributed by atoms with van der Waals surface area (Å²) in [6.07, 6.45) is 3.93. The highest BCUT2D eigenvalue weighted by molar-refractivity contribution is 5.87. The lowest BCUT2D eigenvalue weighted by Crippen LogP contribution is -2.33. The summed E-state index contributed by atoms with van der Waals surface area (Å²) in [5.74, 6) is 13.6. The Morgan fingerprint density at radius 3 is 1.01 bits per heavy atom. The Morgan fingerprint density at radius 1 is 0.360 bits per heavy atom. The summed E-state index contributed by atoms with van der Waals surface area (Å²) in [5, 5.41) is 4.64. The molecule has 10 aromatic carbocycles. The van der Waals surface area contributed by atoms with Gasteiger partial charge in [-0.05, 0) is 175 Å². The van der Waals surface area contributed by atoms with Crippen molar-refractivity contribution in [2.45, 2.75) is 69.6 Å². The first-order valence-electron chi connectivity index (χ1n) is 26.5. The van der Waals surface area contributed by atoms with E-state index in [-0.39, 0.29) is 5.41 Å². The Morgan fingerprint density at radius 2 is 0.667 bits per heavy atom. The molecule has 0 bridgehead atoms. The molecule has 10 aromatic rings. The lowest BCUT2D eigenvalue weighted by Gasteiger charge is -2.39. The molecule has 0 N–H and O–H groups in total. The average molecular weight is 969 g/mol. The number of aryl methyl sites for hydroxylation is 4. The highest BCUT2D eigenvalue weighted by Gasteiger charge is 2.45. The van der Waals surface area contributed by atoms with Crippen LogP contribution in [-0.4, -0.2) is 13.2 Å². The molecule has 0 amide bonds. The lowest BCUT2D eigenvalue weighted by molar-refractivity contribution is 0.370. The number of benzene rings is 10. The molecule has 364 valence electrons. The van der Waals surface area contributed by atoms with Crippen LogP contribution in [0.25, 0.3) is 21.5 Å². The van der Waals surface area contributed by atoms with Crippen molar-refractivity contribution in [3.8, 4) is 35.2 Å². The molecular formula is C73H60O2. The van der Waals surface area contributed by atoms with Crippen molar-refractivity contribution in [3.05, 3.63) is 296 Å². The van der Waals surface area contributed by atoms with Gasteiger partial charge in [0.2, 0.25) is 0 Å². The fraction of sp³-hybridized carbons (Fsp3) is 0.178. The second-order valence-electron chi connectivity index (χ2n) is 20.8. The van der Waals surface area contributed by atoms with Gasteiger partial charge in [-0.2, -0.15) is 0 Å². The first kappa shape index (κ1) is 47.4. The van der Waals surface area contributed by atoms with Crippen molar-refractivity contribution >= 4 is 21.5 Å². The minimum Gasteiger partial charge on any atom is -0.481 e. The minimum absolute atomic E-state index is 0.313. The molecule has 12 rings (SSSR count). The molecule has 0 radical (unpaired) electrons. The maximum absolute atomic E-state index is 6.00. The van der Waals surface area contributed by atoms with Crippen LogP contribution in [0.4, 0.5) is 0 Å². The SMILES string of the molecule is CC#CCOc1ccc2cc(C3(c4ccc(C(C)(C)c5ccc(C6(c7ccc8cc(OCC#CC)ccc8c7)c7ccccc7CCc7ccccc76)cc5)cc4)c4ccccc4CCc4ccccc43)ccc2c1. The van der Waals surface area contributed by atoms with Gasteiger partial charge < -0.3 is 9.47 Å². The lowest BCUT2D eigenvalue weighted by atomic mass is 9.63. The standard InChI is InChI=1S/C73H60O2/c1-5-7-45-74-65-43-31-55-47-63(33-29-57(55)49-65)72(67-21-13-9-17-51(67)25-26-52-18-10-14-22-68(52)72)61-39-35-59(36-40-61)71(3,4)60-37-41-62(42-38-60)73(64-34-30-58-50-66(75-46-8-6-2)44-32-56(58)48-64)69-23-15-11-19-53(69)27-28-54-20-12-16-24-70(54)73/h9-24,29-44,47-50H,25-28,45-46H2,1-4H3. The summed E-state index contributed by atoms with van der Waals surface area (Å²) in [4.78, 5) is 0. The van der Waals surface area contributed by atoms with Gasteiger partial charge in [0.25, 0.3) is 0 Å². The molecule has 0 heterocycles. The maximum Gasteiger partial charge on any atom is 0.149 e. The zero-order valence-corrected chi connectivity index (χ0v) is 43.3. The van der Waals surface area contributed by atoms with Gasteiger partial charge in [0.1, 0.15) is 24.7 Å². The van der Waals surface area contributed by atoms with Crippen molar-refractivity contribution < 1.29 is 9.47 Å². The van der Waals surface area contributed by atoms with Gasteiger partial charge in [0.15, 0.2) is 0 Å². The molecule has 75 heavy (non-hydrogen) atoms. The fourth-order valence-electron chi connectivity index (χ4n) is 12.7. The van der Waals surface area contributed by atoms with Crippen molar-refractivity contribution in [2.24, 2.45) is 0 Å². The summed E-state index contributed by atoms with van der Waals surface area (Å²) in [6, 6.07) is 82.7. The van der Waals surface area contributed by atoms with E-state index in [1.54, 1.807) is 0 Å². The van der Waals surface area contributed by atoms with Gasteiger partial charge in [-0.25, -0.2) is 0 Å². The van der Waals surface area contributed by atoms with Crippen LogP contribution in [-0.2, 0) is 41.9 Å². The van der Waals surface area contributed by atoms with Crippen LogP contribution >= 0.6 is 0 Å². The zero-order valence-electron chi connectivity index (χ0n) is 43.3. The van der Waals surface area contributed by atoms with Crippen LogP contribution in [0.5, 0.6) is 11.5 Å². The van der Waals surface area contributed by atoms with Gasteiger partial charge in [0.05, 0.1) is 10.8 Å². The zero-order chi connectivity index (χ0) is 51.0. The molecule has 0 fully saturated rings. The van der Waals surface area contributed by atoms with E-state index in [0.717, 1.165) is 48.0 Å². The molecule has 0 atom stereocenters. The summed E-state index contributed by atoms with van der Waals surface area (Å²) < 4.78 is 12.0. The van der Waals surface area contributed by atoms with Gasteiger partial charge in [-0.3, -0.25) is 0 Å². The normalized spacial score (nSPS) is 14.0. The summed E-state index contributed by atoms with van der Waals surface area (Å²) in [7, 11) is 0. The molecule has 0 aromatic heterocycles. The number of hydrogen-bond donors (Lipinski definition) is 0. The van der Waals surface area contributed by atoms with E-state index >= 15 is 0 Å². The van der Waals surface area contributed by atoms with E-state index in [1.807, 2.05) is 13.8 Å². The van der Waals surface area contributed by atoms with Crippen LogP contribution in [0.3, 0.4) is 0 Å². The molecule has 2 aliphatic carbocycles. The first-order valence-corrected chi connectivity index (χ1v) is 26.5. The average Bonchev–Trinajstić information content (AvgIpc) is 3.72. The largest absolute Gasteiger partial charge is 0.481 e. The van der Waals surface area contributed by atoms with Gasteiger partial charge >= 0.3 is 0 Å². The van der Waals surface area contributed by atoms with E-state index in [4.69, 9.17) is 9.47 Å². The highest BCUT2D eigenvalue weighted by Crippen LogP contribution is 2.53. The quantitative estimate of drug-likeness (QED) is 0.127. The summed E-state index contributed by atoms with van der Waals surface area (Å²) >= 11 is 0. The number of fused-ring (bicyclic) bond motifs is 6. The smallest absolute Gasteiger partial charge is 0.149 e. The second-order valence-corrected chi connectivity index (χ2v) is 20.8. The highest BCUT2D eigenvalue weighted by atomic mass is 16.5. The Bertz CT molecular complexity index is 3550. The second kappa shape index (κ2) is 19.7. The van der Waals surface area contributed by atoms with Crippen molar-refractivity contribution in [3.63, 3.8) is 0 Å². The van der Waals surface area contributed by atoms with E-state index < -0.39 is 10.8 Å². The Balaban J connectivity index is 0.972. The number of ether oxygens (including phenoxy) is 2. The molecule has 0 spiro atoms. The molecule has 0 saturated heterocycles. The van der Waals surface area contributed by atoms with Crippen molar-refractivity contribution in [1.29, 1.82) is 0 Å². The Kier molecular flexibility index (Phi) is 12.5. The van der Waals surface area contributed by atoms with E-state index in [9.17, 15) is 0 Å². The first-order chi connectivity index (χ1) is 36.8. The predicted octanol–water partition coefficient (Wildman–Crippen LogP) is 16.1. The van der Waals surface area contributed by atoms with Crippen LogP contribution in [0, 0.1) is 23.7 Å². The molecule has 2 nitrogen and oxygen atoms in total. The van der Waals surface area contributed by atoms with Gasteiger partial charge in [-0.15, -0.1) is 11.8 Å². The third-order valence-corrected chi connectivity index (χ3v) is 16.6. The molecule has 2 aliphatic rings. The van der Waals surface area contributed by atoms with Crippen LogP contribution in [0.15, 0.2) is 218 Å². The minimum atomic E-state index is -0.559. The monoisotopic (exact) mass is 968 g/mol. The van der Waals surface area contributed by atoms with E-state index in [1.165, 1.54) is 88.7 Å². The molecule has 2 heteroatoms. The van der Waals surface area contributed by atoms with Crippen LogP contribution in [0.1, 0.15) is 106 Å². The maximum atomic E-state index is 6.00. The molecular weight excluding hydrogens is 909 g/mol. The van der Waals surface area contributed by atoms with E-state index in [0.29, 0.717) is 13.2 Å². The number of rotatable bonds is 10. The van der Waals surface area contributed by atoms with Crippen molar-refractivity contribution in [2.75, 3.05) is 13.2 Å². The Labute approximate surface area is 443 Å². The Hall–Kier alpha value is -8.56. The van der Waals surface area contributed by atoms with E-state index in [2.05, 4.69) is 256 Å². The molecule has 0 aliphatic heterocycles. The van der Waals surface area contributed by atoms with Gasteiger partial charge in [0, 0.05) is 5.41 Å². The van der Waals surface area contributed by atoms with Crippen molar-refractivity contribution in [1.82, 2.24) is 0 Å². The van der Waals surface area contributed by atoms with Crippen LogP contribution in [0.2, 0.25) is 0 Å². The summed E-state index contributed by atoms with van der Waals surface area (Å²) in [5.41, 5.74) is 17.0. The predicted molar refractivity (Wildman–Crippen MR) is 309 cm³/mol. The third-order valence-electron chi connectivity index (χ3n) is 16.6. The molecule has 0 saturated carbocycles. The molecule has 0 unspecified atom stereocenters. The van der Waals surface area contributed by atoms with Crippen LogP contribution < -0.4 is 9.47 Å². The van der Waals surface area contributed by atoms with Gasteiger partial charge in [-0.1, -0.05) is 208 Å². The third kappa shape index (κ3) is 8.18. The summed E-state index contributed by atoms with van der Waals surface area (Å²) in [6.45, 7) is 9.19.